The molecule has 2 aromatic rings. The Bertz CT molecular complexity index is 910. The number of thiophene rings is 1. The molecule has 1 aromatic carbocycles. The number of guanidine groups is 1. The number of hydrogen-bond acceptors (Lipinski definition) is 6. The number of methoxy groups -OCH3 is 2. The third-order valence-corrected chi connectivity index (χ3v) is 6.60. The van der Waals surface area contributed by atoms with Crippen molar-refractivity contribution >= 4 is 33.0 Å². The minimum Gasteiger partial charge on any atom is -0.493 e. The molecular weight excluding hydrogens is 400 g/mol. The smallest absolute Gasteiger partial charge is 0.250 e. The molecule has 0 unspecified atom stereocenters. The van der Waals surface area contributed by atoms with Crippen molar-refractivity contribution in [2.24, 2.45) is 4.99 Å². The zero-order valence-electron chi connectivity index (χ0n) is 16.4. The van der Waals surface area contributed by atoms with Crippen LogP contribution >= 0.6 is 11.3 Å². The first-order valence-electron chi connectivity index (χ1n) is 8.73. The van der Waals surface area contributed by atoms with Crippen molar-refractivity contribution in [3.63, 3.8) is 0 Å². The van der Waals surface area contributed by atoms with Gasteiger partial charge >= 0.3 is 0 Å². The largest absolute Gasteiger partial charge is 0.493 e. The fourth-order valence-electron chi connectivity index (χ4n) is 2.33. The third kappa shape index (κ3) is 6.11. The van der Waals surface area contributed by atoms with Gasteiger partial charge in [-0.15, -0.1) is 11.3 Å². The van der Waals surface area contributed by atoms with Crippen molar-refractivity contribution in [2.45, 2.75) is 18.1 Å². The molecule has 154 valence electrons. The van der Waals surface area contributed by atoms with Crippen molar-refractivity contribution in [1.82, 2.24) is 10.0 Å². The second-order valence-corrected chi connectivity index (χ2v) is 9.00. The summed E-state index contributed by atoms with van der Waals surface area (Å²) in [5.41, 5.74) is 0.770. The second-order valence-electron chi connectivity index (χ2n) is 5.72. The molecule has 0 saturated carbocycles. The van der Waals surface area contributed by atoms with E-state index < -0.39 is 10.0 Å². The fourth-order valence-corrected chi connectivity index (χ4v) is 4.68. The monoisotopic (exact) mass is 426 g/mol. The van der Waals surface area contributed by atoms with Gasteiger partial charge in [0, 0.05) is 29.7 Å². The predicted molar refractivity (Wildman–Crippen MR) is 113 cm³/mol. The van der Waals surface area contributed by atoms with E-state index in [0.717, 1.165) is 10.6 Å². The average Bonchev–Trinajstić information content (AvgIpc) is 3.12. The summed E-state index contributed by atoms with van der Waals surface area (Å²) in [6.07, 6.45) is 0. The Balaban J connectivity index is 1.98. The highest BCUT2D eigenvalue weighted by molar-refractivity contribution is 7.91. The SMILES string of the molecule is CCNC(=NCCNS(=O)(=O)c1ccc(C)s1)Nc1ccc(OC)c(OC)c1. The van der Waals surface area contributed by atoms with E-state index in [0.29, 0.717) is 28.2 Å². The van der Waals surface area contributed by atoms with Crippen LogP contribution < -0.4 is 24.8 Å². The molecule has 0 amide bonds. The molecule has 0 spiro atoms. The van der Waals surface area contributed by atoms with E-state index in [1.807, 2.05) is 19.9 Å². The molecule has 2 rings (SSSR count). The van der Waals surface area contributed by atoms with Gasteiger partial charge in [-0.3, -0.25) is 4.99 Å². The molecule has 0 aliphatic heterocycles. The summed E-state index contributed by atoms with van der Waals surface area (Å²) in [5, 5.41) is 6.29. The van der Waals surface area contributed by atoms with Crippen LogP contribution in [0.25, 0.3) is 0 Å². The molecule has 0 aliphatic carbocycles. The van der Waals surface area contributed by atoms with Gasteiger partial charge in [0.05, 0.1) is 20.8 Å². The molecule has 0 saturated heterocycles. The molecule has 0 radical (unpaired) electrons. The minimum atomic E-state index is -3.50. The average molecular weight is 427 g/mol. The molecule has 28 heavy (non-hydrogen) atoms. The molecule has 1 heterocycles. The number of benzene rings is 1. The Hall–Kier alpha value is -2.30. The summed E-state index contributed by atoms with van der Waals surface area (Å²) >= 11 is 1.24. The fraction of sp³-hybridized carbons (Fsp3) is 0.389. The second kappa shape index (κ2) is 10.3. The molecule has 0 fully saturated rings. The van der Waals surface area contributed by atoms with Crippen molar-refractivity contribution in [2.75, 3.05) is 39.2 Å². The lowest BCUT2D eigenvalue weighted by atomic mass is 10.3. The first-order valence-corrected chi connectivity index (χ1v) is 11.0. The number of nitrogens with zero attached hydrogens (tertiary/aromatic N) is 1. The van der Waals surface area contributed by atoms with E-state index in [-0.39, 0.29) is 13.1 Å². The molecule has 10 heteroatoms. The standard InChI is InChI=1S/C18H26N4O4S2/c1-5-19-18(22-14-7-8-15(25-3)16(12-14)26-4)20-10-11-21-28(23,24)17-9-6-13(2)27-17/h6-9,12,21H,5,10-11H2,1-4H3,(H2,19,20,22). The van der Waals surface area contributed by atoms with Crippen LogP contribution in [0, 0.1) is 6.92 Å². The highest BCUT2D eigenvalue weighted by Crippen LogP contribution is 2.29. The highest BCUT2D eigenvalue weighted by atomic mass is 32.2. The van der Waals surface area contributed by atoms with E-state index in [2.05, 4.69) is 20.3 Å². The highest BCUT2D eigenvalue weighted by Gasteiger charge is 2.15. The topological polar surface area (TPSA) is 101 Å². The van der Waals surface area contributed by atoms with Gasteiger partial charge in [0.1, 0.15) is 4.21 Å². The van der Waals surface area contributed by atoms with Gasteiger partial charge in [-0.25, -0.2) is 13.1 Å². The zero-order valence-corrected chi connectivity index (χ0v) is 18.0. The van der Waals surface area contributed by atoms with Gasteiger partial charge in [0.2, 0.25) is 10.0 Å². The number of hydrogen-bond donors (Lipinski definition) is 3. The Morgan fingerprint density at radius 3 is 2.50 bits per heavy atom. The van der Waals surface area contributed by atoms with Gasteiger partial charge in [-0.2, -0.15) is 0 Å². The molecular formula is C18H26N4O4S2. The summed E-state index contributed by atoms with van der Waals surface area (Å²) in [4.78, 5) is 5.36. The van der Waals surface area contributed by atoms with Gasteiger partial charge in [-0.05, 0) is 38.1 Å². The first kappa shape index (κ1) is 22.0. The number of aryl methyl sites for hydroxylation is 1. The Morgan fingerprint density at radius 2 is 1.89 bits per heavy atom. The van der Waals surface area contributed by atoms with E-state index in [1.54, 1.807) is 38.5 Å². The van der Waals surface area contributed by atoms with Crippen LogP contribution in [-0.4, -0.2) is 48.2 Å². The van der Waals surface area contributed by atoms with E-state index in [4.69, 9.17) is 9.47 Å². The van der Waals surface area contributed by atoms with Gasteiger partial charge in [0.25, 0.3) is 0 Å². The first-order chi connectivity index (χ1) is 13.4. The third-order valence-electron chi connectivity index (χ3n) is 3.64. The lowest BCUT2D eigenvalue weighted by Crippen LogP contribution is -2.32. The van der Waals surface area contributed by atoms with Gasteiger partial charge in [-0.1, -0.05) is 0 Å². The molecule has 0 aliphatic rings. The molecule has 0 atom stereocenters. The van der Waals surface area contributed by atoms with E-state index in [9.17, 15) is 8.42 Å². The summed E-state index contributed by atoms with van der Waals surface area (Å²) in [5.74, 6) is 1.77. The van der Waals surface area contributed by atoms with Crippen molar-refractivity contribution in [3.8, 4) is 11.5 Å². The number of anilines is 1. The molecule has 3 N–H and O–H groups in total. The number of sulfonamides is 1. The van der Waals surface area contributed by atoms with Crippen LogP contribution in [-0.2, 0) is 10.0 Å². The van der Waals surface area contributed by atoms with Crippen molar-refractivity contribution in [3.05, 3.63) is 35.2 Å². The molecule has 0 bridgehead atoms. The maximum atomic E-state index is 12.2. The Kier molecular flexibility index (Phi) is 8.09. The van der Waals surface area contributed by atoms with Crippen LogP contribution in [0.1, 0.15) is 11.8 Å². The Morgan fingerprint density at radius 1 is 1.14 bits per heavy atom. The van der Waals surface area contributed by atoms with Crippen LogP contribution in [0.2, 0.25) is 0 Å². The van der Waals surface area contributed by atoms with Crippen LogP contribution in [0.4, 0.5) is 5.69 Å². The normalized spacial score (nSPS) is 11.9. The quantitative estimate of drug-likeness (QED) is 0.323. The maximum Gasteiger partial charge on any atom is 0.250 e. The van der Waals surface area contributed by atoms with Crippen molar-refractivity contribution in [1.29, 1.82) is 0 Å². The van der Waals surface area contributed by atoms with Crippen LogP contribution in [0.5, 0.6) is 11.5 Å². The predicted octanol–water partition coefficient (Wildman–Crippen LogP) is 2.43. The van der Waals surface area contributed by atoms with Crippen molar-refractivity contribution < 1.29 is 17.9 Å². The summed E-state index contributed by atoms with van der Waals surface area (Å²) < 4.78 is 37.9. The molecule has 8 nitrogen and oxygen atoms in total. The summed E-state index contributed by atoms with van der Waals surface area (Å²) in [6.45, 7) is 4.97. The lowest BCUT2D eigenvalue weighted by Gasteiger charge is -2.14. The van der Waals surface area contributed by atoms with Crippen LogP contribution in [0.15, 0.2) is 39.5 Å². The lowest BCUT2D eigenvalue weighted by molar-refractivity contribution is 0.355. The summed E-state index contributed by atoms with van der Waals surface area (Å²) in [6, 6.07) is 8.83. The number of aliphatic imine (C=N–C) groups is 1. The Labute approximate surface area is 170 Å². The number of nitrogens with one attached hydrogen (secondary N) is 3. The minimum absolute atomic E-state index is 0.196. The van der Waals surface area contributed by atoms with Gasteiger partial charge in [0.15, 0.2) is 17.5 Å². The molecule has 1 aromatic heterocycles. The number of ether oxygens (including phenoxy) is 2. The van der Waals surface area contributed by atoms with E-state index in [1.165, 1.54) is 11.3 Å². The van der Waals surface area contributed by atoms with Gasteiger partial charge < -0.3 is 20.1 Å². The van der Waals surface area contributed by atoms with E-state index >= 15 is 0 Å². The maximum absolute atomic E-state index is 12.2. The number of rotatable bonds is 9. The van der Waals surface area contributed by atoms with Crippen LogP contribution in [0.3, 0.4) is 0 Å². The summed E-state index contributed by atoms with van der Waals surface area (Å²) in [7, 11) is -0.347. The zero-order chi connectivity index (χ0) is 20.6.